The van der Waals surface area contributed by atoms with E-state index < -0.39 is 16.9 Å². The van der Waals surface area contributed by atoms with Gasteiger partial charge in [0.15, 0.2) is 0 Å². The van der Waals surface area contributed by atoms with Gasteiger partial charge in [0.05, 0.1) is 11.5 Å². The summed E-state index contributed by atoms with van der Waals surface area (Å²) >= 11 is 7.33. The lowest BCUT2D eigenvalue weighted by molar-refractivity contribution is -0.384. The van der Waals surface area contributed by atoms with Crippen LogP contribution < -0.4 is 15.4 Å². The predicted molar refractivity (Wildman–Crippen MR) is 119 cm³/mol. The molecule has 10 heteroatoms. The monoisotopic (exact) mass is 451 g/mol. The standard InChI is InChI=1S/C20H22ClN3O5S/c1-3-29-15-7-5-14(6-8-15)22-20(26)17(10-11-30-2)23-19(25)13-4-9-16(21)18(12-13)24(27)28/h4-9,12,17H,3,10-11H2,1-2H3,(H,22,26)(H,23,25)/t17-/m0/s1. The van der Waals surface area contributed by atoms with Crippen LogP contribution in [-0.2, 0) is 4.79 Å². The molecule has 30 heavy (non-hydrogen) atoms. The van der Waals surface area contributed by atoms with Crippen molar-refractivity contribution < 1.29 is 19.2 Å². The molecule has 2 N–H and O–H groups in total. The molecule has 0 bridgehead atoms. The van der Waals surface area contributed by atoms with E-state index >= 15 is 0 Å². The summed E-state index contributed by atoms with van der Waals surface area (Å²) in [5, 5.41) is 16.4. The Balaban J connectivity index is 2.12. The molecule has 0 aromatic heterocycles. The smallest absolute Gasteiger partial charge is 0.288 e. The Kier molecular flexibility index (Phi) is 8.94. The van der Waals surface area contributed by atoms with Gasteiger partial charge in [-0.05, 0) is 61.8 Å². The zero-order chi connectivity index (χ0) is 22.1. The number of carbonyl (C=O) groups is 2. The van der Waals surface area contributed by atoms with E-state index in [1.165, 1.54) is 23.9 Å². The Morgan fingerprint density at radius 1 is 1.23 bits per heavy atom. The van der Waals surface area contributed by atoms with Crippen molar-refractivity contribution in [3.8, 4) is 5.75 Å². The van der Waals surface area contributed by atoms with Crippen LogP contribution in [0.4, 0.5) is 11.4 Å². The second-order valence-corrected chi connectivity index (χ2v) is 7.57. The molecule has 2 rings (SSSR count). The van der Waals surface area contributed by atoms with E-state index in [2.05, 4.69) is 10.6 Å². The number of nitrogens with one attached hydrogen (secondary N) is 2. The molecule has 0 radical (unpaired) electrons. The lowest BCUT2D eigenvalue weighted by Crippen LogP contribution is -2.44. The van der Waals surface area contributed by atoms with Gasteiger partial charge in [0, 0.05) is 17.3 Å². The van der Waals surface area contributed by atoms with E-state index in [0.29, 0.717) is 30.2 Å². The number of amides is 2. The number of anilines is 1. The van der Waals surface area contributed by atoms with Crippen molar-refractivity contribution >= 4 is 46.6 Å². The normalized spacial score (nSPS) is 11.4. The Labute approximate surface area is 183 Å². The van der Waals surface area contributed by atoms with E-state index in [9.17, 15) is 19.7 Å². The highest BCUT2D eigenvalue weighted by molar-refractivity contribution is 7.98. The molecule has 2 amide bonds. The molecule has 2 aromatic rings. The molecular weight excluding hydrogens is 430 g/mol. The minimum Gasteiger partial charge on any atom is -0.494 e. The first kappa shape index (κ1) is 23.5. The van der Waals surface area contributed by atoms with Gasteiger partial charge in [-0.2, -0.15) is 11.8 Å². The molecule has 0 unspecified atom stereocenters. The summed E-state index contributed by atoms with van der Waals surface area (Å²) in [7, 11) is 0. The van der Waals surface area contributed by atoms with Gasteiger partial charge in [0.1, 0.15) is 16.8 Å². The SMILES string of the molecule is CCOc1ccc(NC(=O)[C@H](CCSC)NC(=O)c2ccc(Cl)c([N+](=O)[O-])c2)cc1. The van der Waals surface area contributed by atoms with Crippen LogP contribution >= 0.6 is 23.4 Å². The Hall–Kier alpha value is -2.78. The van der Waals surface area contributed by atoms with Crippen LogP contribution in [0.25, 0.3) is 0 Å². The molecule has 0 spiro atoms. The number of halogens is 1. The van der Waals surface area contributed by atoms with Crippen molar-refractivity contribution in [1.29, 1.82) is 0 Å². The highest BCUT2D eigenvalue weighted by Crippen LogP contribution is 2.25. The third-order valence-corrected chi connectivity index (χ3v) is 5.03. The van der Waals surface area contributed by atoms with Gasteiger partial charge in [-0.25, -0.2) is 0 Å². The maximum absolute atomic E-state index is 12.7. The summed E-state index contributed by atoms with van der Waals surface area (Å²) in [6.45, 7) is 2.42. The highest BCUT2D eigenvalue weighted by Gasteiger charge is 2.23. The fourth-order valence-corrected chi connectivity index (χ4v) is 3.23. The number of hydrogen-bond acceptors (Lipinski definition) is 6. The average molecular weight is 452 g/mol. The summed E-state index contributed by atoms with van der Waals surface area (Å²) in [4.78, 5) is 35.7. The molecule has 1 atom stereocenters. The molecule has 0 saturated carbocycles. The number of nitro benzene ring substituents is 1. The molecule has 0 heterocycles. The number of thioether (sulfide) groups is 1. The highest BCUT2D eigenvalue weighted by atomic mass is 35.5. The van der Waals surface area contributed by atoms with Crippen LogP contribution in [0.1, 0.15) is 23.7 Å². The Morgan fingerprint density at radius 3 is 2.53 bits per heavy atom. The van der Waals surface area contributed by atoms with Crippen molar-refractivity contribution in [2.45, 2.75) is 19.4 Å². The van der Waals surface area contributed by atoms with E-state index in [0.717, 1.165) is 6.07 Å². The first-order valence-corrected chi connectivity index (χ1v) is 10.9. The zero-order valence-electron chi connectivity index (χ0n) is 16.5. The zero-order valence-corrected chi connectivity index (χ0v) is 18.1. The first-order chi connectivity index (χ1) is 14.3. The van der Waals surface area contributed by atoms with Crippen LogP contribution in [0.3, 0.4) is 0 Å². The maximum Gasteiger partial charge on any atom is 0.288 e. The van der Waals surface area contributed by atoms with E-state index in [-0.39, 0.29) is 22.2 Å². The van der Waals surface area contributed by atoms with Crippen LogP contribution in [0.5, 0.6) is 5.75 Å². The van der Waals surface area contributed by atoms with E-state index in [1.807, 2.05) is 13.2 Å². The summed E-state index contributed by atoms with van der Waals surface area (Å²) in [5.41, 5.74) is 0.243. The summed E-state index contributed by atoms with van der Waals surface area (Å²) in [6.07, 6.45) is 2.29. The molecule has 160 valence electrons. The topological polar surface area (TPSA) is 111 Å². The fourth-order valence-electron chi connectivity index (χ4n) is 2.57. The summed E-state index contributed by atoms with van der Waals surface area (Å²) in [5.74, 6) is 0.349. The van der Waals surface area contributed by atoms with Crippen LogP contribution in [-0.4, -0.2) is 41.4 Å². The molecular formula is C20H22ClN3O5S. The van der Waals surface area contributed by atoms with Gasteiger partial charge in [-0.1, -0.05) is 11.6 Å². The quantitative estimate of drug-likeness (QED) is 0.415. The van der Waals surface area contributed by atoms with E-state index in [1.54, 1.807) is 24.3 Å². The van der Waals surface area contributed by atoms with Gasteiger partial charge in [-0.15, -0.1) is 0 Å². The van der Waals surface area contributed by atoms with Gasteiger partial charge in [0.25, 0.3) is 11.6 Å². The third-order valence-electron chi connectivity index (χ3n) is 4.07. The molecule has 0 aliphatic rings. The maximum atomic E-state index is 12.7. The summed E-state index contributed by atoms with van der Waals surface area (Å²) < 4.78 is 5.37. The third kappa shape index (κ3) is 6.64. The van der Waals surface area contributed by atoms with Crippen molar-refractivity contribution in [1.82, 2.24) is 5.32 Å². The first-order valence-electron chi connectivity index (χ1n) is 9.13. The minimum absolute atomic E-state index is 0.0501. The lowest BCUT2D eigenvalue weighted by atomic mass is 10.1. The number of rotatable bonds is 10. The van der Waals surface area contributed by atoms with Gasteiger partial charge >= 0.3 is 0 Å². The number of carbonyl (C=O) groups excluding carboxylic acids is 2. The van der Waals surface area contributed by atoms with Gasteiger partial charge < -0.3 is 15.4 Å². The predicted octanol–water partition coefficient (Wildman–Crippen LogP) is 4.14. The van der Waals surface area contributed by atoms with Crippen molar-refractivity contribution in [3.63, 3.8) is 0 Å². The van der Waals surface area contributed by atoms with Crippen LogP contribution in [0.2, 0.25) is 5.02 Å². The number of benzene rings is 2. The van der Waals surface area contributed by atoms with Crippen molar-refractivity contribution in [2.75, 3.05) is 23.9 Å². The van der Waals surface area contributed by atoms with Gasteiger partial charge in [-0.3, -0.25) is 19.7 Å². The Morgan fingerprint density at radius 2 is 1.93 bits per heavy atom. The number of ether oxygens (including phenoxy) is 1. The van der Waals surface area contributed by atoms with Crippen LogP contribution in [0.15, 0.2) is 42.5 Å². The lowest BCUT2D eigenvalue weighted by Gasteiger charge is -2.18. The average Bonchev–Trinajstić information content (AvgIpc) is 2.72. The number of nitrogens with zero attached hydrogens (tertiary/aromatic N) is 1. The largest absolute Gasteiger partial charge is 0.494 e. The van der Waals surface area contributed by atoms with Gasteiger partial charge in [0.2, 0.25) is 5.91 Å². The minimum atomic E-state index is -0.814. The number of nitro groups is 1. The second kappa shape index (κ2) is 11.4. The van der Waals surface area contributed by atoms with E-state index in [4.69, 9.17) is 16.3 Å². The summed E-state index contributed by atoms with van der Waals surface area (Å²) in [6, 6.07) is 9.83. The van der Waals surface area contributed by atoms with Crippen molar-refractivity contribution in [2.24, 2.45) is 0 Å². The molecule has 0 aliphatic heterocycles. The molecule has 0 saturated heterocycles. The molecule has 8 nitrogen and oxygen atoms in total. The molecule has 0 aliphatic carbocycles. The number of hydrogen-bond donors (Lipinski definition) is 2. The molecule has 0 fully saturated rings. The second-order valence-electron chi connectivity index (χ2n) is 6.18. The van der Waals surface area contributed by atoms with Crippen LogP contribution in [0, 0.1) is 10.1 Å². The fraction of sp³-hybridized carbons (Fsp3) is 0.300. The molecule has 2 aromatic carbocycles. The Bertz CT molecular complexity index is 908. The van der Waals surface area contributed by atoms with Crippen molar-refractivity contribution in [3.05, 3.63) is 63.2 Å².